The minimum atomic E-state index is -0.968. The van der Waals surface area contributed by atoms with E-state index in [1.807, 2.05) is 0 Å². The molecule has 0 saturated carbocycles. The van der Waals surface area contributed by atoms with Crippen molar-refractivity contribution in [2.24, 2.45) is 0 Å². The van der Waals surface area contributed by atoms with Crippen LogP contribution < -0.4 is 5.73 Å². The molecule has 5 nitrogen and oxygen atoms in total. The average Bonchev–Trinajstić information content (AvgIpc) is 2.25. The maximum Gasteiger partial charge on any atom is 0.310 e. The highest BCUT2D eigenvalue weighted by Crippen LogP contribution is 2.25. The molecule has 1 aromatic rings. The minimum absolute atomic E-state index is 0.374. The van der Waals surface area contributed by atoms with Gasteiger partial charge in [-0.1, -0.05) is 6.07 Å². The molecule has 0 aliphatic heterocycles. The lowest BCUT2D eigenvalue weighted by atomic mass is 9.93. The summed E-state index contributed by atoms with van der Waals surface area (Å²) < 4.78 is 0. The second-order valence-corrected chi connectivity index (χ2v) is 4.05. The predicted molar refractivity (Wildman–Crippen MR) is 63.0 cm³/mol. The Labute approximate surface area is 98.9 Å². The van der Waals surface area contributed by atoms with Crippen LogP contribution in [0.5, 0.6) is 0 Å². The van der Waals surface area contributed by atoms with Crippen molar-refractivity contribution in [2.75, 3.05) is 5.73 Å². The second kappa shape index (κ2) is 4.86. The molecule has 0 fully saturated rings. The largest absolute Gasteiger partial charge is 0.481 e. The summed E-state index contributed by atoms with van der Waals surface area (Å²) in [6, 6.07) is 4.68. The minimum Gasteiger partial charge on any atom is -0.481 e. The first-order chi connectivity index (χ1) is 7.82. The average molecular weight is 237 g/mol. The molecule has 2 unspecified atom stereocenters. The van der Waals surface area contributed by atoms with E-state index in [4.69, 9.17) is 15.9 Å². The topological polar surface area (TPSA) is 101 Å². The summed E-state index contributed by atoms with van der Waals surface area (Å²) >= 11 is 0. The summed E-state index contributed by atoms with van der Waals surface area (Å²) in [6.45, 7) is 3.07. The number of carboxylic acid groups (broad SMARTS) is 2. The third kappa shape index (κ3) is 2.96. The van der Waals surface area contributed by atoms with E-state index in [1.54, 1.807) is 18.2 Å². The highest BCUT2D eigenvalue weighted by atomic mass is 16.4. The number of rotatable bonds is 4. The van der Waals surface area contributed by atoms with E-state index in [9.17, 15) is 9.59 Å². The smallest absolute Gasteiger partial charge is 0.310 e. The van der Waals surface area contributed by atoms with Gasteiger partial charge in [0.2, 0.25) is 0 Å². The second-order valence-electron chi connectivity index (χ2n) is 4.05. The van der Waals surface area contributed by atoms with Crippen molar-refractivity contribution >= 4 is 17.6 Å². The molecule has 92 valence electrons. The number of nitrogen functional groups attached to an aromatic ring is 1. The third-order valence-electron chi connectivity index (χ3n) is 2.74. The summed E-state index contributed by atoms with van der Waals surface area (Å²) in [5.74, 6) is -3.36. The number of nitrogens with two attached hydrogens (primary N) is 1. The van der Waals surface area contributed by atoms with Gasteiger partial charge in [-0.15, -0.1) is 0 Å². The summed E-state index contributed by atoms with van der Waals surface area (Å²) in [5.41, 5.74) is 7.05. The van der Waals surface area contributed by atoms with Crippen LogP contribution in [0.4, 0.5) is 5.69 Å². The fourth-order valence-corrected chi connectivity index (χ4v) is 1.49. The van der Waals surface area contributed by atoms with Gasteiger partial charge in [0.15, 0.2) is 0 Å². The van der Waals surface area contributed by atoms with Crippen molar-refractivity contribution in [2.45, 2.75) is 25.7 Å². The molecule has 0 aliphatic carbocycles. The molecule has 1 rings (SSSR count). The van der Waals surface area contributed by atoms with E-state index in [1.165, 1.54) is 13.8 Å². The summed E-state index contributed by atoms with van der Waals surface area (Å²) in [4.78, 5) is 21.7. The molecule has 1 aromatic carbocycles. The zero-order valence-corrected chi connectivity index (χ0v) is 9.68. The Morgan fingerprint density at radius 1 is 1.00 bits per heavy atom. The van der Waals surface area contributed by atoms with Crippen LogP contribution in [0.1, 0.15) is 36.8 Å². The highest BCUT2D eigenvalue weighted by Gasteiger charge is 2.19. The van der Waals surface area contributed by atoms with E-state index < -0.39 is 23.8 Å². The van der Waals surface area contributed by atoms with Gasteiger partial charge in [-0.25, -0.2) is 0 Å². The highest BCUT2D eigenvalue weighted by molar-refractivity contribution is 5.78. The fraction of sp³-hybridized carbons (Fsp3) is 0.333. The van der Waals surface area contributed by atoms with Crippen LogP contribution in [0, 0.1) is 0 Å². The standard InChI is InChI=1S/C12H15NO4/c1-6(11(14)15)8-3-9(5-10(13)4-8)7(2)12(16)17/h3-7H,13H2,1-2H3,(H,14,15)(H,16,17). The van der Waals surface area contributed by atoms with Crippen LogP contribution >= 0.6 is 0 Å². The molecular weight excluding hydrogens is 222 g/mol. The van der Waals surface area contributed by atoms with Crippen LogP contribution in [-0.4, -0.2) is 22.2 Å². The Kier molecular flexibility index (Phi) is 3.73. The monoisotopic (exact) mass is 237 g/mol. The van der Waals surface area contributed by atoms with E-state index in [2.05, 4.69) is 0 Å². The van der Waals surface area contributed by atoms with Gasteiger partial charge in [-0.3, -0.25) is 9.59 Å². The fourth-order valence-electron chi connectivity index (χ4n) is 1.49. The molecule has 5 heteroatoms. The van der Waals surface area contributed by atoms with Gasteiger partial charge in [0.05, 0.1) is 11.8 Å². The molecule has 17 heavy (non-hydrogen) atoms. The molecule has 0 aliphatic rings. The first-order valence-electron chi connectivity index (χ1n) is 5.19. The Balaban J connectivity index is 3.19. The predicted octanol–water partition coefficient (Wildman–Crippen LogP) is 1.65. The number of hydrogen-bond acceptors (Lipinski definition) is 3. The molecular formula is C12H15NO4. The van der Waals surface area contributed by atoms with Crippen LogP contribution in [0.15, 0.2) is 18.2 Å². The molecule has 0 spiro atoms. The number of carboxylic acids is 2. The Morgan fingerprint density at radius 2 is 1.35 bits per heavy atom. The van der Waals surface area contributed by atoms with Gasteiger partial charge in [0.1, 0.15) is 0 Å². The summed E-state index contributed by atoms with van der Waals surface area (Å²) in [7, 11) is 0. The SMILES string of the molecule is CC(C(=O)O)c1cc(N)cc(C(C)C(=O)O)c1. The van der Waals surface area contributed by atoms with Gasteiger partial charge in [0, 0.05) is 5.69 Å². The Bertz CT molecular complexity index is 418. The lowest BCUT2D eigenvalue weighted by Gasteiger charge is -2.13. The Hall–Kier alpha value is -2.04. The molecule has 0 saturated heterocycles. The number of hydrogen-bond donors (Lipinski definition) is 3. The van der Waals surface area contributed by atoms with E-state index >= 15 is 0 Å². The van der Waals surface area contributed by atoms with Gasteiger partial charge in [-0.2, -0.15) is 0 Å². The van der Waals surface area contributed by atoms with Crippen molar-refractivity contribution in [1.82, 2.24) is 0 Å². The molecule has 4 N–H and O–H groups in total. The van der Waals surface area contributed by atoms with Crippen LogP contribution in [0.3, 0.4) is 0 Å². The van der Waals surface area contributed by atoms with Crippen LogP contribution in [0.2, 0.25) is 0 Å². The molecule has 0 aromatic heterocycles. The van der Waals surface area contributed by atoms with E-state index in [-0.39, 0.29) is 0 Å². The molecule has 2 atom stereocenters. The first kappa shape index (κ1) is 13.0. The lowest BCUT2D eigenvalue weighted by Crippen LogP contribution is -2.11. The molecule has 0 radical (unpaired) electrons. The maximum absolute atomic E-state index is 10.9. The number of anilines is 1. The van der Waals surface area contributed by atoms with Crippen LogP contribution in [0.25, 0.3) is 0 Å². The zero-order chi connectivity index (χ0) is 13.2. The normalized spacial score (nSPS) is 14.0. The third-order valence-corrected chi connectivity index (χ3v) is 2.74. The lowest BCUT2D eigenvalue weighted by molar-refractivity contribution is -0.139. The summed E-state index contributed by atoms with van der Waals surface area (Å²) in [6.07, 6.45) is 0. The molecule has 0 heterocycles. The quantitative estimate of drug-likeness (QED) is 0.691. The van der Waals surface area contributed by atoms with Crippen molar-refractivity contribution in [1.29, 1.82) is 0 Å². The first-order valence-corrected chi connectivity index (χ1v) is 5.19. The van der Waals surface area contributed by atoms with Crippen molar-refractivity contribution < 1.29 is 19.8 Å². The zero-order valence-electron chi connectivity index (χ0n) is 9.68. The van der Waals surface area contributed by atoms with E-state index in [0.29, 0.717) is 16.8 Å². The van der Waals surface area contributed by atoms with Crippen molar-refractivity contribution in [3.05, 3.63) is 29.3 Å². The number of benzene rings is 1. The molecule has 0 amide bonds. The van der Waals surface area contributed by atoms with Gasteiger partial charge in [-0.05, 0) is 37.1 Å². The molecule has 0 bridgehead atoms. The Morgan fingerprint density at radius 3 is 1.65 bits per heavy atom. The number of aliphatic carboxylic acids is 2. The van der Waals surface area contributed by atoms with Gasteiger partial charge < -0.3 is 15.9 Å². The summed E-state index contributed by atoms with van der Waals surface area (Å²) in [5, 5.41) is 17.8. The van der Waals surface area contributed by atoms with Gasteiger partial charge >= 0.3 is 11.9 Å². The maximum atomic E-state index is 10.9. The van der Waals surface area contributed by atoms with Crippen LogP contribution in [-0.2, 0) is 9.59 Å². The van der Waals surface area contributed by atoms with Gasteiger partial charge in [0.25, 0.3) is 0 Å². The van der Waals surface area contributed by atoms with Crippen molar-refractivity contribution in [3.8, 4) is 0 Å². The van der Waals surface area contributed by atoms with Crippen molar-refractivity contribution in [3.63, 3.8) is 0 Å². The van der Waals surface area contributed by atoms with E-state index in [0.717, 1.165) is 0 Å². The number of carbonyl (C=O) groups is 2.